The van der Waals surface area contributed by atoms with E-state index in [4.69, 9.17) is 25.7 Å². The molecule has 1 atom stereocenters. The molecule has 0 saturated carbocycles. The van der Waals surface area contributed by atoms with Gasteiger partial charge in [-0.25, -0.2) is 9.37 Å². The van der Waals surface area contributed by atoms with Crippen LogP contribution in [0.1, 0.15) is 34.2 Å². The Morgan fingerprint density at radius 2 is 1.80 bits per heavy atom. The van der Waals surface area contributed by atoms with Crippen LogP contribution < -0.4 is 20.0 Å². The number of hydrogen-bond acceptors (Lipinski definition) is 7. The molecular formula is C34H21ClFN3O5S. The third-order valence-corrected chi connectivity index (χ3v) is 9.45. The maximum absolute atomic E-state index is 15.1. The van der Waals surface area contributed by atoms with Crippen molar-refractivity contribution in [3.05, 3.63) is 128 Å². The van der Waals surface area contributed by atoms with Crippen molar-refractivity contribution in [2.45, 2.75) is 19.0 Å². The second kappa shape index (κ2) is 9.98. The molecule has 4 heterocycles. The van der Waals surface area contributed by atoms with Crippen LogP contribution >= 0.6 is 22.9 Å². The lowest BCUT2D eigenvalue weighted by molar-refractivity contribution is -0.121. The summed E-state index contributed by atoms with van der Waals surface area (Å²) in [5, 5.41) is 0.668. The largest absolute Gasteiger partial charge is 0.494 e. The molecule has 1 unspecified atom stereocenters. The number of para-hydroxylation sites is 1. The zero-order valence-corrected chi connectivity index (χ0v) is 25.1. The van der Waals surface area contributed by atoms with Gasteiger partial charge in [-0.3, -0.25) is 19.3 Å². The van der Waals surface area contributed by atoms with E-state index in [1.807, 2.05) is 25.1 Å². The summed E-state index contributed by atoms with van der Waals surface area (Å²) in [6.45, 7) is 2.49. The maximum Gasteiger partial charge on any atom is 0.297 e. The molecule has 0 radical (unpaired) electrons. The van der Waals surface area contributed by atoms with Gasteiger partial charge in [0.25, 0.3) is 11.8 Å². The molecule has 45 heavy (non-hydrogen) atoms. The first-order chi connectivity index (χ1) is 21.8. The van der Waals surface area contributed by atoms with Gasteiger partial charge in [-0.1, -0.05) is 53.3 Å². The molecule has 0 saturated heterocycles. The predicted molar refractivity (Wildman–Crippen MR) is 170 cm³/mol. The molecule has 222 valence electrons. The first-order valence-electron chi connectivity index (χ1n) is 14.1. The number of benzene rings is 4. The average molecular weight is 638 g/mol. The van der Waals surface area contributed by atoms with Crippen LogP contribution in [-0.4, -0.2) is 23.4 Å². The summed E-state index contributed by atoms with van der Waals surface area (Å²) in [7, 11) is 0. The summed E-state index contributed by atoms with van der Waals surface area (Å²) in [6.07, 6.45) is 0. The highest BCUT2D eigenvalue weighted by atomic mass is 35.5. The molecule has 0 fully saturated rings. The highest BCUT2D eigenvalue weighted by Crippen LogP contribution is 2.55. The van der Waals surface area contributed by atoms with E-state index in [1.54, 1.807) is 53.4 Å². The fraction of sp³-hybridized carbons (Fsp3) is 0.118. The SMILES string of the molecule is CCOc1ccc2nc(N3C(=O)c4oc5ccc(F)cc5c(=O)c4C34C(=O)N(Cc3ccc(Cl)cc3)c3ccccc34)sc2c1. The Balaban J connectivity index is 1.42. The van der Waals surface area contributed by atoms with Crippen molar-refractivity contribution in [2.24, 2.45) is 0 Å². The van der Waals surface area contributed by atoms with Crippen LogP contribution in [0.15, 0.2) is 94.1 Å². The molecule has 2 aliphatic rings. The molecular weight excluding hydrogens is 617 g/mol. The molecule has 8 nitrogen and oxygen atoms in total. The number of halogens is 2. The van der Waals surface area contributed by atoms with Gasteiger partial charge in [0.15, 0.2) is 16.1 Å². The summed E-state index contributed by atoms with van der Waals surface area (Å²) in [5.74, 6) is -1.54. The first-order valence-corrected chi connectivity index (χ1v) is 15.3. The summed E-state index contributed by atoms with van der Waals surface area (Å²) in [4.78, 5) is 51.5. The second-order valence-electron chi connectivity index (χ2n) is 10.7. The van der Waals surface area contributed by atoms with E-state index >= 15 is 4.79 Å². The number of thiazole rings is 1. The number of anilines is 2. The molecule has 4 aromatic carbocycles. The molecule has 0 aliphatic carbocycles. The normalized spacial score (nSPS) is 17.1. The van der Waals surface area contributed by atoms with Crippen LogP contribution in [0.3, 0.4) is 0 Å². The quantitative estimate of drug-likeness (QED) is 0.201. The zero-order chi connectivity index (χ0) is 31.0. The smallest absolute Gasteiger partial charge is 0.297 e. The van der Waals surface area contributed by atoms with Crippen molar-refractivity contribution in [3.8, 4) is 5.75 Å². The number of rotatable bonds is 5. The number of carbonyl (C=O) groups is 2. The standard InChI is InChI=1S/C34H21ClFN3O5S/c1-2-43-21-12-13-24-27(16-21)45-33(37-24)39-31(41)30-28(29(40)22-15-20(36)11-14-26(22)44-30)34(39)23-5-3-4-6-25(23)38(32(34)42)17-18-7-9-19(35)10-8-18/h3-16H,2,17H2,1H3. The van der Waals surface area contributed by atoms with E-state index in [-0.39, 0.29) is 34.0 Å². The number of amides is 2. The van der Waals surface area contributed by atoms with E-state index < -0.39 is 28.6 Å². The van der Waals surface area contributed by atoms with Crippen LogP contribution in [-0.2, 0) is 16.9 Å². The van der Waals surface area contributed by atoms with Crippen molar-refractivity contribution in [2.75, 3.05) is 16.4 Å². The van der Waals surface area contributed by atoms with Crippen molar-refractivity contribution >= 4 is 66.8 Å². The number of ether oxygens (including phenoxy) is 1. The molecule has 0 N–H and O–H groups in total. The van der Waals surface area contributed by atoms with Crippen molar-refractivity contribution in [3.63, 3.8) is 0 Å². The Kier molecular flexibility index (Phi) is 6.10. The lowest BCUT2D eigenvalue weighted by atomic mass is 9.84. The van der Waals surface area contributed by atoms with Crippen LogP contribution in [0.4, 0.5) is 15.2 Å². The first kappa shape index (κ1) is 27.5. The molecule has 2 aliphatic heterocycles. The van der Waals surface area contributed by atoms with E-state index in [1.165, 1.54) is 22.3 Å². The third-order valence-electron chi connectivity index (χ3n) is 8.19. The number of nitrogens with zero attached hydrogens (tertiary/aromatic N) is 3. The van der Waals surface area contributed by atoms with Gasteiger partial charge in [-0.15, -0.1) is 0 Å². The Morgan fingerprint density at radius 3 is 2.60 bits per heavy atom. The molecule has 11 heteroatoms. The Labute approximate surface area is 263 Å². The lowest BCUT2D eigenvalue weighted by Gasteiger charge is -2.32. The number of carbonyl (C=O) groups excluding carboxylic acids is 2. The summed E-state index contributed by atoms with van der Waals surface area (Å²) < 4.78 is 26.9. The van der Waals surface area contributed by atoms with E-state index in [0.29, 0.717) is 34.1 Å². The third kappa shape index (κ3) is 3.89. The maximum atomic E-state index is 15.1. The van der Waals surface area contributed by atoms with Crippen molar-refractivity contribution in [1.82, 2.24) is 4.98 Å². The fourth-order valence-electron chi connectivity index (χ4n) is 6.31. The van der Waals surface area contributed by atoms with Crippen LogP contribution in [0.5, 0.6) is 5.75 Å². The Bertz CT molecular complexity index is 2280. The minimum Gasteiger partial charge on any atom is -0.494 e. The van der Waals surface area contributed by atoms with E-state index in [9.17, 15) is 14.0 Å². The predicted octanol–water partition coefficient (Wildman–Crippen LogP) is 7.04. The molecule has 0 bridgehead atoms. The Morgan fingerprint density at radius 1 is 1.00 bits per heavy atom. The van der Waals surface area contributed by atoms with Gasteiger partial charge in [-0.2, -0.15) is 0 Å². The highest BCUT2D eigenvalue weighted by Gasteiger charge is 2.66. The molecule has 1 spiro atoms. The number of hydrogen-bond donors (Lipinski definition) is 0. The monoisotopic (exact) mass is 637 g/mol. The fourth-order valence-corrected chi connectivity index (χ4v) is 7.48. The second-order valence-corrected chi connectivity index (χ2v) is 12.2. The number of aromatic nitrogens is 1. The molecule has 2 amide bonds. The van der Waals surface area contributed by atoms with Crippen molar-refractivity contribution < 1.29 is 23.1 Å². The van der Waals surface area contributed by atoms with Crippen LogP contribution in [0, 0.1) is 5.82 Å². The molecule has 6 aromatic rings. The van der Waals surface area contributed by atoms with Gasteiger partial charge in [0.1, 0.15) is 17.1 Å². The Hall–Kier alpha value is -5.06. The highest BCUT2D eigenvalue weighted by molar-refractivity contribution is 7.22. The van der Waals surface area contributed by atoms with E-state index in [2.05, 4.69) is 0 Å². The van der Waals surface area contributed by atoms with Crippen LogP contribution in [0.25, 0.3) is 21.2 Å². The number of fused-ring (bicyclic) bond motifs is 6. The minimum atomic E-state index is -1.97. The average Bonchev–Trinajstić information content (AvgIpc) is 3.64. The van der Waals surface area contributed by atoms with Crippen LogP contribution in [0.2, 0.25) is 5.02 Å². The van der Waals surface area contributed by atoms with Gasteiger partial charge < -0.3 is 14.1 Å². The lowest BCUT2D eigenvalue weighted by Crippen LogP contribution is -2.53. The molecule has 8 rings (SSSR count). The summed E-state index contributed by atoms with van der Waals surface area (Å²) in [6, 6.07) is 23.0. The molecule has 2 aromatic heterocycles. The van der Waals surface area contributed by atoms with E-state index in [0.717, 1.165) is 22.4 Å². The summed E-state index contributed by atoms with van der Waals surface area (Å²) in [5.41, 5.74) is -0.475. The minimum absolute atomic E-state index is 0.0351. The van der Waals surface area contributed by atoms with Gasteiger partial charge in [0, 0.05) is 10.6 Å². The van der Waals surface area contributed by atoms with Gasteiger partial charge in [0.05, 0.1) is 40.0 Å². The van der Waals surface area contributed by atoms with Gasteiger partial charge >= 0.3 is 0 Å². The topological polar surface area (TPSA) is 93.0 Å². The van der Waals surface area contributed by atoms with Crippen molar-refractivity contribution in [1.29, 1.82) is 0 Å². The zero-order valence-electron chi connectivity index (χ0n) is 23.5. The summed E-state index contributed by atoms with van der Waals surface area (Å²) >= 11 is 7.31. The van der Waals surface area contributed by atoms with Gasteiger partial charge in [-0.05, 0) is 67.1 Å². The van der Waals surface area contributed by atoms with Gasteiger partial charge in [0.2, 0.25) is 5.76 Å².